The van der Waals surface area contributed by atoms with Gasteiger partial charge in [0.1, 0.15) is 0 Å². The summed E-state index contributed by atoms with van der Waals surface area (Å²) in [6.07, 6.45) is 8.63. The lowest BCUT2D eigenvalue weighted by molar-refractivity contribution is 0.434. The summed E-state index contributed by atoms with van der Waals surface area (Å²) in [4.78, 5) is 9.03. The molecule has 0 saturated heterocycles. The first-order valence-corrected chi connectivity index (χ1v) is 5.57. The predicted octanol–water partition coefficient (Wildman–Crippen LogP) is 3.14. The first-order valence-electron chi connectivity index (χ1n) is 5.57. The van der Waals surface area contributed by atoms with E-state index >= 15 is 0 Å². The van der Waals surface area contributed by atoms with Crippen molar-refractivity contribution in [3.63, 3.8) is 0 Å². The molecule has 1 heterocycles. The van der Waals surface area contributed by atoms with Gasteiger partial charge >= 0.3 is 0 Å². The van der Waals surface area contributed by atoms with E-state index in [0.29, 0.717) is 5.92 Å². The minimum Gasteiger partial charge on any atom is -0.257 e. The maximum atomic E-state index is 4.54. The van der Waals surface area contributed by atoms with Crippen LogP contribution < -0.4 is 0 Å². The Morgan fingerprint density at radius 3 is 2.50 bits per heavy atom. The number of hydrogen-bond donors (Lipinski definition) is 0. The van der Waals surface area contributed by atoms with Gasteiger partial charge in [0.2, 0.25) is 0 Å². The second-order valence-corrected chi connectivity index (χ2v) is 4.32. The Labute approximate surface area is 85.8 Å². The van der Waals surface area contributed by atoms with Crippen LogP contribution >= 0.6 is 0 Å². The maximum absolute atomic E-state index is 4.54. The number of aryl methyl sites for hydroxylation is 2. The van der Waals surface area contributed by atoms with Crippen LogP contribution in [0.2, 0.25) is 0 Å². The monoisotopic (exact) mass is 190 g/mol. The lowest BCUT2D eigenvalue weighted by atomic mass is 9.86. The summed E-state index contributed by atoms with van der Waals surface area (Å²) in [6, 6.07) is 0. The molecule has 1 fully saturated rings. The smallest absolute Gasteiger partial charge is 0.0646 e. The van der Waals surface area contributed by atoms with E-state index < -0.39 is 0 Å². The van der Waals surface area contributed by atoms with Gasteiger partial charge in [0.15, 0.2) is 0 Å². The molecule has 0 radical (unpaired) electrons. The highest BCUT2D eigenvalue weighted by atomic mass is 14.8. The van der Waals surface area contributed by atoms with Crippen molar-refractivity contribution in [3.05, 3.63) is 23.3 Å². The molecule has 2 nitrogen and oxygen atoms in total. The third kappa shape index (κ3) is 1.94. The minimum atomic E-state index is 0.678. The molecule has 0 atom stereocenters. The Morgan fingerprint density at radius 2 is 1.86 bits per heavy atom. The zero-order valence-corrected chi connectivity index (χ0v) is 9.08. The van der Waals surface area contributed by atoms with Crippen LogP contribution in [0.5, 0.6) is 0 Å². The van der Waals surface area contributed by atoms with Crippen molar-refractivity contribution in [2.45, 2.75) is 51.9 Å². The number of aromatic nitrogens is 2. The Balaban J connectivity index is 2.22. The highest BCUT2D eigenvalue weighted by Crippen LogP contribution is 2.32. The molecule has 0 spiro atoms. The zero-order valence-electron chi connectivity index (χ0n) is 9.08. The zero-order chi connectivity index (χ0) is 9.97. The highest BCUT2D eigenvalue weighted by molar-refractivity contribution is 5.16. The number of nitrogens with zero attached hydrogens (tertiary/aromatic N) is 2. The lowest BCUT2D eigenvalue weighted by Crippen LogP contribution is -2.09. The molecule has 0 unspecified atom stereocenters. The van der Waals surface area contributed by atoms with Gasteiger partial charge in [0.25, 0.3) is 0 Å². The summed E-state index contributed by atoms with van der Waals surface area (Å²) < 4.78 is 0. The molecule has 0 bridgehead atoms. The molecule has 0 amide bonds. The SMILES string of the molecule is Cc1cnc(C2CCCCC2)c(C)n1. The average molecular weight is 190 g/mol. The maximum Gasteiger partial charge on any atom is 0.0646 e. The van der Waals surface area contributed by atoms with Gasteiger partial charge in [-0.2, -0.15) is 0 Å². The molecule has 1 aromatic heterocycles. The van der Waals surface area contributed by atoms with Crippen molar-refractivity contribution < 1.29 is 0 Å². The van der Waals surface area contributed by atoms with Crippen molar-refractivity contribution >= 4 is 0 Å². The summed E-state index contributed by atoms with van der Waals surface area (Å²) in [5.41, 5.74) is 3.41. The van der Waals surface area contributed by atoms with Gasteiger partial charge in [0, 0.05) is 12.1 Å². The predicted molar refractivity (Wildman–Crippen MR) is 57.3 cm³/mol. The van der Waals surface area contributed by atoms with Gasteiger partial charge < -0.3 is 0 Å². The van der Waals surface area contributed by atoms with Crippen LogP contribution in [-0.2, 0) is 0 Å². The average Bonchev–Trinajstić information content (AvgIpc) is 2.19. The molecule has 2 heteroatoms. The van der Waals surface area contributed by atoms with Gasteiger partial charge in [0.05, 0.1) is 17.1 Å². The summed E-state index contributed by atoms with van der Waals surface area (Å²) >= 11 is 0. The van der Waals surface area contributed by atoms with E-state index in [2.05, 4.69) is 16.9 Å². The molecule has 2 rings (SSSR count). The quantitative estimate of drug-likeness (QED) is 0.680. The third-order valence-electron chi connectivity index (χ3n) is 3.10. The number of rotatable bonds is 1. The van der Waals surface area contributed by atoms with E-state index in [1.165, 1.54) is 37.8 Å². The molecule has 1 aromatic rings. The molecule has 76 valence electrons. The standard InChI is InChI=1S/C12H18N2/c1-9-8-13-12(10(2)14-9)11-6-4-3-5-7-11/h8,11H,3-7H2,1-2H3. The van der Waals surface area contributed by atoms with Gasteiger partial charge in [-0.15, -0.1) is 0 Å². The van der Waals surface area contributed by atoms with Gasteiger partial charge in [-0.3, -0.25) is 9.97 Å². The van der Waals surface area contributed by atoms with Crippen LogP contribution in [0.15, 0.2) is 6.20 Å². The second-order valence-electron chi connectivity index (χ2n) is 4.32. The summed E-state index contributed by atoms with van der Waals surface area (Å²) in [6.45, 7) is 4.09. The molecule has 0 aliphatic heterocycles. The van der Waals surface area contributed by atoms with Crippen molar-refractivity contribution in [1.29, 1.82) is 0 Å². The molecular formula is C12H18N2. The summed E-state index contributed by atoms with van der Waals surface area (Å²) in [7, 11) is 0. The molecule has 1 saturated carbocycles. The van der Waals surface area contributed by atoms with Crippen LogP contribution in [0.25, 0.3) is 0 Å². The van der Waals surface area contributed by atoms with E-state index in [1.807, 2.05) is 13.1 Å². The van der Waals surface area contributed by atoms with Crippen molar-refractivity contribution in [3.8, 4) is 0 Å². The fourth-order valence-corrected chi connectivity index (χ4v) is 2.38. The Bertz CT molecular complexity index is 314. The summed E-state index contributed by atoms with van der Waals surface area (Å²) in [5.74, 6) is 0.678. The van der Waals surface area contributed by atoms with Crippen LogP contribution in [0.1, 0.15) is 55.1 Å². The highest BCUT2D eigenvalue weighted by Gasteiger charge is 2.18. The molecular weight excluding hydrogens is 172 g/mol. The van der Waals surface area contributed by atoms with Crippen LogP contribution in [-0.4, -0.2) is 9.97 Å². The van der Waals surface area contributed by atoms with E-state index in [1.54, 1.807) is 0 Å². The summed E-state index contributed by atoms with van der Waals surface area (Å²) in [5, 5.41) is 0. The topological polar surface area (TPSA) is 25.8 Å². The lowest BCUT2D eigenvalue weighted by Gasteiger charge is -2.22. The van der Waals surface area contributed by atoms with Crippen LogP contribution in [0, 0.1) is 13.8 Å². The van der Waals surface area contributed by atoms with Crippen LogP contribution in [0.4, 0.5) is 0 Å². The molecule has 0 N–H and O–H groups in total. The normalized spacial score (nSPS) is 18.4. The Hall–Kier alpha value is -0.920. The van der Waals surface area contributed by atoms with Gasteiger partial charge in [-0.05, 0) is 26.7 Å². The molecule has 14 heavy (non-hydrogen) atoms. The van der Waals surface area contributed by atoms with Crippen molar-refractivity contribution in [1.82, 2.24) is 9.97 Å². The first-order chi connectivity index (χ1) is 6.77. The van der Waals surface area contributed by atoms with Crippen molar-refractivity contribution in [2.24, 2.45) is 0 Å². The van der Waals surface area contributed by atoms with Gasteiger partial charge in [-0.25, -0.2) is 0 Å². The van der Waals surface area contributed by atoms with E-state index in [4.69, 9.17) is 0 Å². The van der Waals surface area contributed by atoms with E-state index in [9.17, 15) is 0 Å². The van der Waals surface area contributed by atoms with Gasteiger partial charge in [-0.1, -0.05) is 19.3 Å². The molecule has 1 aliphatic rings. The van der Waals surface area contributed by atoms with Crippen molar-refractivity contribution in [2.75, 3.05) is 0 Å². The fourth-order valence-electron chi connectivity index (χ4n) is 2.38. The fraction of sp³-hybridized carbons (Fsp3) is 0.667. The Morgan fingerprint density at radius 1 is 1.14 bits per heavy atom. The first kappa shape index (κ1) is 9.63. The van der Waals surface area contributed by atoms with E-state index in [-0.39, 0.29) is 0 Å². The minimum absolute atomic E-state index is 0.678. The third-order valence-corrected chi connectivity index (χ3v) is 3.10. The second kappa shape index (κ2) is 4.07. The molecule has 1 aliphatic carbocycles. The largest absolute Gasteiger partial charge is 0.257 e. The Kier molecular flexibility index (Phi) is 2.80. The van der Waals surface area contributed by atoms with Crippen LogP contribution in [0.3, 0.4) is 0 Å². The number of hydrogen-bond acceptors (Lipinski definition) is 2. The van der Waals surface area contributed by atoms with E-state index in [0.717, 1.165) is 11.4 Å². The molecule has 0 aromatic carbocycles.